The predicted molar refractivity (Wildman–Crippen MR) is 121 cm³/mol. The van der Waals surface area contributed by atoms with Crippen LogP contribution < -0.4 is 15.6 Å². The quantitative estimate of drug-likeness (QED) is 0.234. The molecule has 1 N–H and O–H groups in total. The number of nitrogens with zero attached hydrogens (tertiary/aromatic N) is 3. The molecule has 0 aliphatic heterocycles. The molecule has 0 spiro atoms. The Morgan fingerprint density at radius 2 is 1.83 bits per heavy atom. The average molecular weight is 504 g/mol. The van der Waals surface area contributed by atoms with Crippen molar-refractivity contribution in [2.45, 2.75) is 12.7 Å². The first-order chi connectivity index (χ1) is 17.0. The molecule has 0 saturated carbocycles. The number of nitro groups is 1. The molecule has 0 fully saturated rings. The molecule has 0 bridgehead atoms. The Hall–Kier alpha value is -4.68. The second-order valence-electron chi connectivity index (χ2n) is 7.58. The summed E-state index contributed by atoms with van der Waals surface area (Å²) in [5, 5.41) is 13.0. The van der Waals surface area contributed by atoms with Crippen molar-refractivity contribution in [1.82, 2.24) is 9.36 Å². The number of hydrogen-bond donors (Lipinski definition) is 1. The van der Waals surface area contributed by atoms with E-state index in [1.807, 2.05) is 5.32 Å². The largest absolute Gasteiger partial charge is 0.497 e. The number of alkyl halides is 3. The van der Waals surface area contributed by atoms with Gasteiger partial charge in [-0.25, -0.2) is 9.18 Å². The standard InChI is InChI=1S/C23H16F4N4O5/c1-36-15-8-9-19-16(11-15)21(32)30(29(19)12-13-4-2-5-14(10-13)31(34)35)22(33)28-20-17(23(25,26)27)6-3-7-18(20)24/h2-11H,12H2,1H3,(H,28,33). The number of methoxy groups -OCH3 is 1. The van der Waals surface area contributed by atoms with Gasteiger partial charge in [0.15, 0.2) is 0 Å². The van der Waals surface area contributed by atoms with E-state index in [9.17, 15) is 37.3 Å². The van der Waals surface area contributed by atoms with Gasteiger partial charge in [0.25, 0.3) is 11.2 Å². The van der Waals surface area contributed by atoms with Gasteiger partial charge >= 0.3 is 12.2 Å². The zero-order valence-electron chi connectivity index (χ0n) is 18.4. The van der Waals surface area contributed by atoms with Crippen molar-refractivity contribution in [2.24, 2.45) is 0 Å². The lowest BCUT2D eigenvalue weighted by molar-refractivity contribution is -0.384. The van der Waals surface area contributed by atoms with Crippen LogP contribution >= 0.6 is 0 Å². The van der Waals surface area contributed by atoms with Crippen LogP contribution in [0.4, 0.5) is 33.7 Å². The summed E-state index contributed by atoms with van der Waals surface area (Å²) in [6, 6.07) is 10.4. The van der Waals surface area contributed by atoms with Crippen LogP contribution in [-0.2, 0) is 12.7 Å². The number of amides is 1. The highest BCUT2D eigenvalue weighted by Gasteiger charge is 2.35. The molecule has 1 amide bonds. The summed E-state index contributed by atoms with van der Waals surface area (Å²) in [4.78, 5) is 36.8. The molecule has 4 rings (SSSR count). The molecule has 1 heterocycles. The number of hydrogen-bond acceptors (Lipinski definition) is 5. The first kappa shape index (κ1) is 24.4. The maximum atomic E-state index is 14.3. The number of carbonyl (C=O) groups is 1. The fourth-order valence-electron chi connectivity index (χ4n) is 3.72. The third-order valence-corrected chi connectivity index (χ3v) is 5.34. The van der Waals surface area contributed by atoms with Gasteiger partial charge < -0.3 is 10.1 Å². The van der Waals surface area contributed by atoms with E-state index in [0.29, 0.717) is 16.3 Å². The highest BCUT2D eigenvalue weighted by atomic mass is 19.4. The average Bonchev–Trinajstić information content (AvgIpc) is 3.10. The maximum Gasteiger partial charge on any atom is 0.418 e. The molecule has 0 saturated heterocycles. The number of benzene rings is 3. The molecule has 4 aromatic rings. The van der Waals surface area contributed by atoms with Crippen LogP contribution in [0.3, 0.4) is 0 Å². The third kappa shape index (κ3) is 4.50. The van der Waals surface area contributed by atoms with Gasteiger partial charge in [-0.2, -0.15) is 17.9 Å². The molecule has 9 nitrogen and oxygen atoms in total. The minimum atomic E-state index is -4.99. The van der Waals surface area contributed by atoms with E-state index >= 15 is 0 Å². The summed E-state index contributed by atoms with van der Waals surface area (Å²) in [7, 11) is 1.35. The third-order valence-electron chi connectivity index (χ3n) is 5.34. The van der Waals surface area contributed by atoms with Crippen molar-refractivity contribution in [1.29, 1.82) is 0 Å². The Bertz CT molecular complexity index is 1560. The lowest BCUT2D eigenvalue weighted by atomic mass is 10.1. The molecule has 1 aromatic heterocycles. The van der Waals surface area contributed by atoms with E-state index < -0.39 is 39.8 Å². The predicted octanol–water partition coefficient (Wildman–Crippen LogP) is 5.01. The summed E-state index contributed by atoms with van der Waals surface area (Å²) in [6.07, 6.45) is -4.99. The van der Waals surface area contributed by atoms with Gasteiger partial charge in [0.1, 0.15) is 11.6 Å². The number of halogens is 4. The molecule has 36 heavy (non-hydrogen) atoms. The van der Waals surface area contributed by atoms with E-state index in [1.165, 1.54) is 49.6 Å². The number of nitrogens with one attached hydrogen (secondary N) is 1. The minimum absolute atomic E-state index is 0.0143. The summed E-state index contributed by atoms with van der Waals surface area (Å²) in [6.45, 7) is -0.246. The highest BCUT2D eigenvalue weighted by Crippen LogP contribution is 2.36. The van der Waals surface area contributed by atoms with E-state index in [-0.39, 0.29) is 28.9 Å². The number of carbonyl (C=O) groups excluding carboxylic acids is 1. The number of aromatic nitrogens is 2. The highest BCUT2D eigenvalue weighted by molar-refractivity contribution is 5.94. The van der Waals surface area contributed by atoms with Gasteiger partial charge in [0, 0.05) is 12.1 Å². The van der Waals surface area contributed by atoms with Crippen LogP contribution in [0.15, 0.2) is 65.5 Å². The molecule has 0 atom stereocenters. The van der Waals surface area contributed by atoms with Crippen LogP contribution in [0.5, 0.6) is 5.75 Å². The Morgan fingerprint density at radius 3 is 2.50 bits per heavy atom. The van der Waals surface area contributed by atoms with Crippen LogP contribution in [0, 0.1) is 15.9 Å². The van der Waals surface area contributed by atoms with E-state index in [0.717, 1.165) is 16.8 Å². The van der Waals surface area contributed by atoms with Crippen LogP contribution in [0.2, 0.25) is 0 Å². The maximum absolute atomic E-state index is 14.3. The number of para-hydroxylation sites is 1. The molecule has 13 heteroatoms. The molecule has 3 aromatic carbocycles. The smallest absolute Gasteiger partial charge is 0.418 e. The number of rotatable bonds is 5. The Kier molecular flexibility index (Phi) is 6.23. The van der Waals surface area contributed by atoms with E-state index in [4.69, 9.17) is 4.74 Å². The molecule has 0 unspecified atom stereocenters. The zero-order valence-corrected chi connectivity index (χ0v) is 18.4. The van der Waals surface area contributed by atoms with Crippen LogP contribution in [0.25, 0.3) is 10.9 Å². The summed E-state index contributed by atoms with van der Waals surface area (Å²) < 4.78 is 61.3. The van der Waals surface area contributed by atoms with Crippen molar-refractivity contribution >= 4 is 28.3 Å². The Morgan fingerprint density at radius 1 is 1.11 bits per heavy atom. The van der Waals surface area contributed by atoms with Gasteiger partial charge in [-0.05, 0) is 35.9 Å². The number of non-ortho nitro benzene ring substituents is 1. The number of anilines is 1. The number of nitro benzene ring substituents is 1. The lowest BCUT2D eigenvalue weighted by Gasteiger charge is -2.16. The van der Waals surface area contributed by atoms with Crippen LogP contribution in [0.1, 0.15) is 11.1 Å². The van der Waals surface area contributed by atoms with Gasteiger partial charge in [-0.3, -0.25) is 19.6 Å². The van der Waals surface area contributed by atoms with E-state index in [2.05, 4.69) is 0 Å². The minimum Gasteiger partial charge on any atom is -0.497 e. The number of ether oxygens (including phenoxy) is 1. The summed E-state index contributed by atoms with van der Waals surface area (Å²) in [5.74, 6) is -1.08. The van der Waals surface area contributed by atoms with Gasteiger partial charge in [0.2, 0.25) is 0 Å². The van der Waals surface area contributed by atoms with Gasteiger partial charge in [0.05, 0.1) is 40.7 Å². The molecular weight excluding hydrogens is 488 g/mol. The normalized spacial score (nSPS) is 11.5. The van der Waals surface area contributed by atoms with Crippen molar-refractivity contribution in [3.05, 3.63) is 98.1 Å². The first-order valence-corrected chi connectivity index (χ1v) is 10.2. The molecule has 0 aliphatic carbocycles. The summed E-state index contributed by atoms with van der Waals surface area (Å²) in [5.41, 5.74) is -3.24. The first-order valence-electron chi connectivity index (χ1n) is 10.2. The van der Waals surface area contributed by atoms with Crippen molar-refractivity contribution in [2.75, 3.05) is 12.4 Å². The molecule has 186 valence electrons. The topological polar surface area (TPSA) is 108 Å². The lowest BCUT2D eigenvalue weighted by Crippen LogP contribution is -2.35. The monoisotopic (exact) mass is 504 g/mol. The molecule has 0 radical (unpaired) electrons. The second-order valence-corrected chi connectivity index (χ2v) is 7.58. The Balaban J connectivity index is 1.87. The fraction of sp³-hybridized carbons (Fsp3) is 0.130. The van der Waals surface area contributed by atoms with Crippen LogP contribution in [-0.4, -0.2) is 27.4 Å². The molecule has 0 aliphatic rings. The van der Waals surface area contributed by atoms with Crippen molar-refractivity contribution < 1.29 is 32.0 Å². The van der Waals surface area contributed by atoms with Gasteiger partial charge in [-0.1, -0.05) is 18.2 Å². The Labute approximate surface area is 199 Å². The van der Waals surface area contributed by atoms with Crippen molar-refractivity contribution in [3.63, 3.8) is 0 Å². The fourth-order valence-corrected chi connectivity index (χ4v) is 3.72. The second kappa shape index (κ2) is 9.17. The molecular formula is C23H16F4N4O5. The van der Waals surface area contributed by atoms with Crippen molar-refractivity contribution in [3.8, 4) is 5.75 Å². The van der Waals surface area contributed by atoms with Gasteiger partial charge in [-0.15, -0.1) is 0 Å². The summed E-state index contributed by atoms with van der Waals surface area (Å²) >= 11 is 0. The SMILES string of the molecule is COc1ccc2c(c1)c(=O)n(C(=O)Nc1c(F)cccc1C(F)(F)F)n2Cc1cccc([N+](=O)[O-])c1. The number of fused-ring (bicyclic) bond motifs is 1. The zero-order chi connectivity index (χ0) is 26.2. The van der Waals surface area contributed by atoms with E-state index in [1.54, 1.807) is 0 Å².